The molecule has 9 heteroatoms. The van der Waals surface area contributed by atoms with Crippen LogP contribution in [0.1, 0.15) is 15.9 Å². The van der Waals surface area contributed by atoms with Crippen molar-refractivity contribution in [3.63, 3.8) is 0 Å². The summed E-state index contributed by atoms with van der Waals surface area (Å²) in [7, 11) is -4.49. The van der Waals surface area contributed by atoms with E-state index in [4.69, 9.17) is 4.55 Å². The van der Waals surface area contributed by atoms with Crippen LogP contribution in [-0.4, -0.2) is 54.2 Å². The summed E-state index contributed by atoms with van der Waals surface area (Å²) in [6.45, 7) is -0.157. The summed E-state index contributed by atoms with van der Waals surface area (Å²) in [6.07, 6.45) is 0. The van der Waals surface area contributed by atoms with Crippen LogP contribution in [0, 0.1) is 5.82 Å². The van der Waals surface area contributed by atoms with Gasteiger partial charge < -0.3 is 4.90 Å². The number of carbonyl (C=O) groups is 2. The van der Waals surface area contributed by atoms with Gasteiger partial charge in [-0.1, -0.05) is 18.2 Å². The summed E-state index contributed by atoms with van der Waals surface area (Å²) in [6, 6.07) is 9.08. The Morgan fingerprint density at radius 1 is 1.08 bits per heavy atom. The zero-order chi connectivity index (χ0) is 16.8. The van der Waals surface area contributed by atoms with Crippen molar-refractivity contribution in [1.29, 1.82) is 0 Å². The molecule has 0 fully saturated rings. The Kier molecular flexibility index (Phi) is 5.26. The van der Waals surface area contributed by atoms with Crippen molar-refractivity contribution in [2.75, 3.05) is 4.90 Å². The predicted octanol–water partition coefficient (Wildman–Crippen LogP) is 1.15. The van der Waals surface area contributed by atoms with Crippen LogP contribution in [0.4, 0.5) is 10.1 Å². The number of fused-ring (bicyclic) bond motifs is 1. The fourth-order valence-electron chi connectivity index (χ4n) is 2.39. The molecule has 0 saturated carbocycles. The van der Waals surface area contributed by atoms with Crippen LogP contribution < -0.4 is 4.90 Å². The minimum atomic E-state index is -4.49. The number of amides is 1. The normalized spacial score (nSPS) is 13.7. The predicted molar refractivity (Wildman–Crippen MR) is 85.3 cm³/mol. The molecule has 0 saturated heterocycles. The summed E-state index contributed by atoms with van der Waals surface area (Å²) in [4.78, 5) is 24.7. The van der Waals surface area contributed by atoms with Gasteiger partial charge in [-0.15, -0.1) is 0 Å². The number of anilines is 1. The van der Waals surface area contributed by atoms with Crippen molar-refractivity contribution in [1.82, 2.24) is 0 Å². The molecule has 24 heavy (non-hydrogen) atoms. The molecule has 1 heterocycles. The van der Waals surface area contributed by atoms with E-state index in [1.807, 2.05) is 0 Å². The van der Waals surface area contributed by atoms with Crippen molar-refractivity contribution >= 4 is 57.1 Å². The molecule has 0 unspecified atom stereocenters. The van der Waals surface area contributed by atoms with Gasteiger partial charge in [-0.05, 0) is 24.3 Å². The van der Waals surface area contributed by atoms with Crippen LogP contribution in [0.15, 0.2) is 47.4 Å². The van der Waals surface area contributed by atoms with Crippen molar-refractivity contribution in [3.8, 4) is 0 Å². The van der Waals surface area contributed by atoms with Gasteiger partial charge in [0.1, 0.15) is 5.82 Å². The van der Waals surface area contributed by atoms with E-state index in [2.05, 4.69) is 0 Å². The average molecular weight is 359 g/mol. The zero-order valence-electron chi connectivity index (χ0n) is 11.6. The van der Waals surface area contributed by atoms with E-state index in [1.165, 1.54) is 24.3 Å². The van der Waals surface area contributed by atoms with Gasteiger partial charge in [0.25, 0.3) is 21.8 Å². The van der Waals surface area contributed by atoms with Crippen LogP contribution in [0.5, 0.6) is 0 Å². The molecule has 3 rings (SSSR count). The van der Waals surface area contributed by atoms with Gasteiger partial charge in [-0.2, -0.15) is 8.42 Å². The fraction of sp³-hybridized carbons (Fsp3) is 0.0667. The molecule has 2 aromatic rings. The standard InChI is InChI=1S/C15H10FNO5S.Na.H/c16-12-4-2-1-3-9(12)8-17-13-6-5-10(23(20,21)22)7-11(13)14(18)15(17)19;;/h1-7H,8H2,(H,20,21,22);;. The Bertz CT molecular complexity index is 945. The maximum atomic E-state index is 13.7. The molecular weight excluding hydrogens is 348 g/mol. The van der Waals surface area contributed by atoms with Gasteiger partial charge in [0.2, 0.25) is 0 Å². The Balaban J connectivity index is 0.00000208. The van der Waals surface area contributed by atoms with Crippen molar-refractivity contribution in [2.45, 2.75) is 11.4 Å². The van der Waals surface area contributed by atoms with Crippen molar-refractivity contribution in [3.05, 3.63) is 59.4 Å². The van der Waals surface area contributed by atoms with Crippen LogP contribution in [0.3, 0.4) is 0 Å². The van der Waals surface area contributed by atoms with Gasteiger partial charge in [0, 0.05) is 5.56 Å². The van der Waals surface area contributed by atoms with Crippen molar-refractivity contribution in [2.24, 2.45) is 0 Å². The first kappa shape index (κ1) is 18.8. The van der Waals surface area contributed by atoms with Crippen LogP contribution in [0.2, 0.25) is 0 Å². The summed E-state index contributed by atoms with van der Waals surface area (Å²) >= 11 is 0. The molecule has 0 atom stereocenters. The van der Waals surface area contributed by atoms with E-state index < -0.39 is 32.5 Å². The third-order valence-corrected chi connectivity index (χ3v) is 4.38. The van der Waals surface area contributed by atoms with Gasteiger partial charge >= 0.3 is 29.6 Å². The number of benzene rings is 2. The third-order valence-electron chi connectivity index (χ3n) is 3.53. The van der Waals surface area contributed by atoms with E-state index in [1.54, 1.807) is 6.07 Å². The summed E-state index contributed by atoms with van der Waals surface area (Å²) in [5.74, 6) is -2.30. The average Bonchev–Trinajstić information content (AvgIpc) is 2.73. The molecule has 0 radical (unpaired) electrons. The third kappa shape index (κ3) is 3.28. The molecule has 1 amide bonds. The van der Waals surface area contributed by atoms with Gasteiger partial charge in [0.05, 0.1) is 22.7 Å². The Morgan fingerprint density at radius 3 is 2.38 bits per heavy atom. The molecular formula is C15H11FNNaO5S. The van der Waals surface area contributed by atoms with Gasteiger partial charge in [-0.25, -0.2) is 4.39 Å². The molecule has 0 aromatic heterocycles. The first-order valence-corrected chi connectivity index (χ1v) is 7.94. The first-order valence-electron chi connectivity index (χ1n) is 6.50. The fourth-order valence-corrected chi connectivity index (χ4v) is 2.90. The van der Waals surface area contributed by atoms with Crippen LogP contribution in [0.25, 0.3) is 0 Å². The number of halogens is 1. The Hall–Kier alpha value is -1.58. The molecule has 120 valence electrons. The van der Waals surface area contributed by atoms with Gasteiger partial charge in [-0.3, -0.25) is 14.1 Å². The zero-order valence-corrected chi connectivity index (χ0v) is 12.4. The second-order valence-electron chi connectivity index (χ2n) is 4.97. The number of hydrogen-bond donors (Lipinski definition) is 1. The van der Waals surface area contributed by atoms with Crippen LogP contribution >= 0.6 is 0 Å². The molecule has 1 N–H and O–H groups in total. The minimum absolute atomic E-state index is 0. The number of nitrogens with zero attached hydrogens (tertiary/aromatic N) is 1. The maximum absolute atomic E-state index is 13.7. The Labute approximate surface area is 159 Å². The molecule has 2 aromatic carbocycles. The summed E-state index contributed by atoms with van der Waals surface area (Å²) in [5.41, 5.74) is 0.262. The topological polar surface area (TPSA) is 91.8 Å². The van der Waals surface area contributed by atoms with Crippen molar-refractivity contribution < 1.29 is 27.0 Å². The number of rotatable bonds is 3. The molecule has 6 nitrogen and oxygen atoms in total. The molecule has 0 spiro atoms. The van der Waals surface area contributed by atoms with Gasteiger partial charge in [0.15, 0.2) is 0 Å². The number of ketones is 1. The Morgan fingerprint density at radius 2 is 1.75 bits per heavy atom. The molecule has 1 aliphatic heterocycles. The SMILES string of the molecule is O=C1C(=O)N(Cc2ccccc2F)c2ccc(S(=O)(=O)O)cc21.[NaH]. The van der Waals surface area contributed by atoms with Crippen LogP contribution in [-0.2, 0) is 21.5 Å². The molecule has 0 bridgehead atoms. The number of hydrogen-bond acceptors (Lipinski definition) is 4. The number of carbonyl (C=O) groups excluding carboxylic acids is 2. The molecule has 1 aliphatic rings. The quantitative estimate of drug-likeness (QED) is 0.504. The van der Waals surface area contributed by atoms with E-state index in [-0.39, 0.29) is 52.9 Å². The number of Topliss-reactive ketones (excluding diaryl/α,β-unsaturated/α-hetero) is 1. The van der Waals surface area contributed by atoms with E-state index in [0.717, 1.165) is 17.0 Å². The summed E-state index contributed by atoms with van der Waals surface area (Å²) in [5, 5.41) is 0. The van der Waals surface area contributed by atoms with E-state index >= 15 is 0 Å². The monoisotopic (exact) mass is 359 g/mol. The second kappa shape index (κ2) is 6.73. The first-order chi connectivity index (χ1) is 10.8. The molecule has 0 aliphatic carbocycles. The second-order valence-corrected chi connectivity index (χ2v) is 6.39. The van der Waals surface area contributed by atoms with E-state index in [9.17, 15) is 22.4 Å². The van der Waals surface area contributed by atoms with E-state index in [0.29, 0.717) is 0 Å². The summed E-state index contributed by atoms with van der Waals surface area (Å²) < 4.78 is 45.0.